The van der Waals surface area contributed by atoms with Gasteiger partial charge in [-0.25, -0.2) is 4.39 Å². The molecule has 0 fully saturated rings. The minimum absolute atomic E-state index is 0.0127. The first kappa shape index (κ1) is 24.1. The molecule has 0 heterocycles. The third-order valence-electron chi connectivity index (χ3n) is 5.72. The van der Waals surface area contributed by atoms with Crippen molar-refractivity contribution in [1.29, 1.82) is 0 Å². The van der Waals surface area contributed by atoms with E-state index >= 15 is 0 Å². The van der Waals surface area contributed by atoms with Gasteiger partial charge in [-0.1, -0.05) is 73.4 Å². The highest BCUT2D eigenvalue weighted by molar-refractivity contribution is 5.93. The molecule has 0 aliphatic carbocycles. The summed E-state index contributed by atoms with van der Waals surface area (Å²) in [6.07, 6.45) is 3.46. The predicted octanol–water partition coefficient (Wildman–Crippen LogP) is 7.66. The molecule has 174 valence electrons. The van der Waals surface area contributed by atoms with Gasteiger partial charge in [0.05, 0.1) is 12.2 Å². The number of rotatable bonds is 5. The highest BCUT2D eigenvalue weighted by Gasteiger charge is 2.13. The predicted molar refractivity (Wildman–Crippen MR) is 138 cm³/mol. The lowest BCUT2D eigenvalue weighted by Gasteiger charge is -2.06. The average molecular weight is 465 g/mol. The van der Waals surface area contributed by atoms with Crippen LogP contribution in [0.2, 0.25) is 0 Å². The SMILES string of the molecule is CCCCc1ccc(C#Cc2ccc(C#Cc3ccc(OCC)c(F)c3F)c3ccccc23)cc1. The van der Waals surface area contributed by atoms with Crippen LogP contribution in [-0.2, 0) is 6.42 Å². The van der Waals surface area contributed by atoms with Crippen LogP contribution >= 0.6 is 0 Å². The van der Waals surface area contributed by atoms with Crippen LogP contribution in [0.3, 0.4) is 0 Å². The van der Waals surface area contributed by atoms with Gasteiger partial charge in [0, 0.05) is 16.7 Å². The van der Waals surface area contributed by atoms with E-state index in [0.717, 1.165) is 33.9 Å². The summed E-state index contributed by atoms with van der Waals surface area (Å²) in [5.41, 5.74) is 3.89. The number of unbranched alkanes of at least 4 members (excludes halogenated alkanes) is 1. The van der Waals surface area contributed by atoms with Crippen molar-refractivity contribution in [2.45, 2.75) is 33.1 Å². The zero-order chi connectivity index (χ0) is 24.6. The fraction of sp³-hybridized carbons (Fsp3) is 0.188. The second-order valence-corrected chi connectivity index (χ2v) is 8.18. The van der Waals surface area contributed by atoms with Crippen LogP contribution in [0.5, 0.6) is 5.75 Å². The molecule has 0 saturated heterocycles. The Bertz CT molecular complexity index is 1460. The smallest absolute Gasteiger partial charge is 0.201 e. The van der Waals surface area contributed by atoms with Crippen molar-refractivity contribution >= 4 is 10.8 Å². The molecule has 35 heavy (non-hydrogen) atoms. The van der Waals surface area contributed by atoms with Gasteiger partial charge in [0.2, 0.25) is 5.82 Å². The number of benzene rings is 4. The van der Waals surface area contributed by atoms with Crippen LogP contribution in [0, 0.1) is 35.3 Å². The van der Waals surface area contributed by atoms with E-state index in [4.69, 9.17) is 4.74 Å². The molecule has 3 heteroatoms. The van der Waals surface area contributed by atoms with Crippen LogP contribution in [0.4, 0.5) is 8.78 Å². The van der Waals surface area contributed by atoms with E-state index in [0.29, 0.717) is 0 Å². The van der Waals surface area contributed by atoms with Gasteiger partial charge in [-0.05, 0) is 72.5 Å². The molecule has 4 aromatic carbocycles. The summed E-state index contributed by atoms with van der Waals surface area (Å²) >= 11 is 0. The number of aryl methyl sites for hydroxylation is 1. The standard InChI is InChI=1S/C32H26F2O/c1-3-5-8-23-11-13-24(14-12-23)15-16-25-17-18-26(29-10-7-6-9-28(25)29)19-20-27-21-22-30(35-4-2)32(34)31(27)33/h6-7,9-14,17-18,21-22H,3-5,8H2,1-2H3. The number of fused-ring (bicyclic) bond motifs is 1. The molecule has 0 aromatic heterocycles. The quantitative estimate of drug-likeness (QED) is 0.276. The first-order chi connectivity index (χ1) is 17.1. The molecule has 0 aliphatic rings. The Labute approximate surface area is 205 Å². The molecule has 4 aromatic rings. The molecule has 0 aliphatic heterocycles. The normalized spacial score (nSPS) is 10.3. The summed E-state index contributed by atoms with van der Waals surface area (Å²) in [4.78, 5) is 0. The lowest BCUT2D eigenvalue weighted by Crippen LogP contribution is -1.98. The Kier molecular flexibility index (Phi) is 7.81. The third kappa shape index (κ3) is 5.71. The summed E-state index contributed by atoms with van der Waals surface area (Å²) in [7, 11) is 0. The van der Waals surface area contributed by atoms with Crippen molar-refractivity contribution in [3.63, 3.8) is 0 Å². The lowest BCUT2D eigenvalue weighted by atomic mass is 9.99. The monoisotopic (exact) mass is 464 g/mol. The van der Waals surface area contributed by atoms with Gasteiger partial charge < -0.3 is 4.74 Å². The second kappa shape index (κ2) is 11.4. The van der Waals surface area contributed by atoms with Crippen LogP contribution in [0.1, 0.15) is 54.5 Å². The van der Waals surface area contributed by atoms with Gasteiger partial charge in [0.25, 0.3) is 0 Å². The minimum Gasteiger partial charge on any atom is -0.491 e. The second-order valence-electron chi connectivity index (χ2n) is 8.18. The molecular formula is C32H26F2O. The molecule has 1 nitrogen and oxygen atoms in total. The fourth-order valence-corrected chi connectivity index (χ4v) is 3.82. The number of hydrogen-bond acceptors (Lipinski definition) is 1. The van der Waals surface area contributed by atoms with E-state index in [9.17, 15) is 8.78 Å². The lowest BCUT2D eigenvalue weighted by molar-refractivity contribution is 0.314. The van der Waals surface area contributed by atoms with E-state index < -0.39 is 11.6 Å². The summed E-state index contributed by atoms with van der Waals surface area (Å²) in [5.74, 6) is 10.2. The molecule has 0 spiro atoms. The van der Waals surface area contributed by atoms with E-state index in [1.54, 1.807) is 6.92 Å². The van der Waals surface area contributed by atoms with Crippen molar-refractivity contribution in [2.75, 3.05) is 6.61 Å². The van der Waals surface area contributed by atoms with Gasteiger partial charge in [-0.3, -0.25) is 0 Å². The molecule has 0 radical (unpaired) electrons. The first-order valence-electron chi connectivity index (χ1n) is 11.9. The topological polar surface area (TPSA) is 9.23 Å². The van der Waals surface area contributed by atoms with Gasteiger partial charge in [-0.15, -0.1) is 0 Å². The highest BCUT2D eigenvalue weighted by Crippen LogP contribution is 2.24. The zero-order valence-corrected chi connectivity index (χ0v) is 19.9. The van der Waals surface area contributed by atoms with Crippen LogP contribution < -0.4 is 4.74 Å². The van der Waals surface area contributed by atoms with Gasteiger partial charge in [-0.2, -0.15) is 4.39 Å². The summed E-state index contributed by atoms with van der Waals surface area (Å²) in [5, 5.41) is 1.87. The van der Waals surface area contributed by atoms with E-state index in [1.807, 2.05) is 36.4 Å². The number of hydrogen-bond donors (Lipinski definition) is 0. The van der Waals surface area contributed by atoms with Crippen LogP contribution in [0.25, 0.3) is 10.8 Å². The van der Waals surface area contributed by atoms with Gasteiger partial charge in [0.15, 0.2) is 11.6 Å². The van der Waals surface area contributed by atoms with Crippen molar-refractivity contribution < 1.29 is 13.5 Å². The molecule has 4 rings (SSSR count). The maximum absolute atomic E-state index is 14.4. The van der Waals surface area contributed by atoms with Crippen molar-refractivity contribution in [3.8, 4) is 29.4 Å². The molecule has 0 saturated carbocycles. The zero-order valence-electron chi connectivity index (χ0n) is 19.9. The molecule has 0 N–H and O–H groups in total. The van der Waals surface area contributed by atoms with Crippen molar-refractivity contribution in [2.24, 2.45) is 0 Å². The molecule has 0 unspecified atom stereocenters. The minimum atomic E-state index is -1.02. The summed E-state index contributed by atoms with van der Waals surface area (Å²) in [6, 6.07) is 22.9. The summed E-state index contributed by atoms with van der Waals surface area (Å²) < 4.78 is 33.7. The maximum atomic E-state index is 14.4. The van der Waals surface area contributed by atoms with Crippen LogP contribution in [-0.4, -0.2) is 6.61 Å². The Balaban J connectivity index is 1.64. The third-order valence-corrected chi connectivity index (χ3v) is 5.72. The number of halogens is 2. The van der Waals surface area contributed by atoms with Gasteiger partial charge in [0.1, 0.15) is 0 Å². The fourth-order valence-electron chi connectivity index (χ4n) is 3.82. The molecule has 0 bridgehead atoms. The Morgan fingerprint density at radius 2 is 1.26 bits per heavy atom. The maximum Gasteiger partial charge on any atom is 0.201 e. The van der Waals surface area contributed by atoms with Crippen LogP contribution in [0.15, 0.2) is 72.8 Å². The number of ether oxygens (including phenoxy) is 1. The van der Waals surface area contributed by atoms with E-state index in [2.05, 4.69) is 54.9 Å². The Morgan fingerprint density at radius 3 is 1.89 bits per heavy atom. The molecule has 0 amide bonds. The average Bonchev–Trinajstić information content (AvgIpc) is 2.89. The first-order valence-corrected chi connectivity index (χ1v) is 11.9. The Morgan fingerprint density at radius 1 is 0.657 bits per heavy atom. The highest BCUT2D eigenvalue weighted by atomic mass is 19.2. The molecular weight excluding hydrogens is 438 g/mol. The van der Waals surface area contributed by atoms with E-state index in [1.165, 1.54) is 30.5 Å². The van der Waals surface area contributed by atoms with E-state index in [-0.39, 0.29) is 17.9 Å². The summed E-state index contributed by atoms with van der Waals surface area (Å²) in [6.45, 7) is 4.17. The Hall–Kier alpha value is -4.08. The molecule has 0 atom stereocenters. The van der Waals surface area contributed by atoms with Crippen molar-refractivity contribution in [3.05, 3.63) is 112 Å². The van der Waals surface area contributed by atoms with Gasteiger partial charge >= 0.3 is 0 Å². The largest absolute Gasteiger partial charge is 0.491 e. The van der Waals surface area contributed by atoms with Crippen molar-refractivity contribution in [1.82, 2.24) is 0 Å².